The highest BCUT2D eigenvalue weighted by Gasteiger charge is 2.35. The molecule has 0 saturated carbocycles. The van der Waals surface area contributed by atoms with Gasteiger partial charge in [-0.05, 0) is 49.7 Å². The molecule has 0 aliphatic rings. The van der Waals surface area contributed by atoms with E-state index in [1.54, 1.807) is 26.1 Å². The number of nitrogens with two attached hydrogens (primary N) is 1. The van der Waals surface area contributed by atoms with Crippen molar-refractivity contribution >= 4 is 27.4 Å². The summed E-state index contributed by atoms with van der Waals surface area (Å²) >= 11 is 3.38. The summed E-state index contributed by atoms with van der Waals surface area (Å²) in [7, 11) is 0. The van der Waals surface area contributed by atoms with E-state index < -0.39 is 11.1 Å². The Labute approximate surface area is 104 Å². The second kappa shape index (κ2) is 4.22. The van der Waals surface area contributed by atoms with Crippen LogP contribution in [0.25, 0.3) is 0 Å². The number of nitrogens with one attached hydrogen (secondary N) is 1. The normalized spacial score (nSPS) is 12.6. The van der Waals surface area contributed by atoms with Crippen molar-refractivity contribution in [2.75, 3.05) is 11.1 Å². The molecule has 1 heterocycles. The van der Waals surface area contributed by atoms with Gasteiger partial charge >= 0.3 is 0 Å². The number of aromatic nitrogens is 1. The van der Waals surface area contributed by atoms with Gasteiger partial charge in [-0.1, -0.05) is 0 Å². The van der Waals surface area contributed by atoms with Gasteiger partial charge in [0, 0.05) is 0 Å². The topological polar surface area (TPSA) is 71.2 Å². The minimum atomic E-state index is -0.866. The monoisotopic (exact) mass is 287 g/mol. The highest BCUT2D eigenvalue weighted by molar-refractivity contribution is 9.10. The van der Waals surface area contributed by atoms with Crippen molar-refractivity contribution < 1.29 is 5.11 Å². The number of aliphatic hydroxyl groups is 1. The highest BCUT2D eigenvalue weighted by atomic mass is 79.9. The number of nitrogens with zero attached hydrogens (tertiary/aromatic N) is 1. The van der Waals surface area contributed by atoms with Gasteiger partial charge in [0.05, 0.1) is 27.5 Å². The third-order valence-electron chi connectivity index (χ3n) is 2.82. The molecule has 4 N–H and O–H groups in total. The van der Waals surface area contributed by atoms with Crippen LogP contribution in [0.4, 0.5) is 11.5 Å². The smallest absolute Gasteiger partial charge is 0.140 e. The fourth-order valence-electron chi connectivity index (χ4n) is 0.994. The summed E-state index contributed by atoms with van der Waals surface area (Å²) in [4.78, 5) is 4.18. The highest BCUT2D eigenvalue weighted by Crippen LogP contribution is 2.29. The van der Waals surface area contributed by atoms with E-state index >= 15 is 0 Å². The van der Waals surface area contributed by atoms with Gasteiger partial charge in [-0.15, -0.1) is 0 Å². The maximum absolute atomic E-state index is 10.0. The van der Waals surface area contributed by atoms with E-state index in [0.29, 0.717) is 11.5 Å². The zero-order chi connectivity index (χ0) is 12.6. The minimum Gasteiger partial charge on any atom is -0.397 e. The average molecular weight is 288 g/mol. The first-order chi connectivity index (χ1) is 7.13. The zero-order valence-corrected chi connectivity index (χ0v) is 11.6. The van der Waals surface area contributed by atoms with Crippen molar-refractivity contribution in [1.82, 2.24) is 4.98 Å². The number of halogens is 1. The van der Waals surface area contributed by atoms with Crippen LogP contribution in [0.2, 0.25) is 0 Å². The Morgan fingerprint density at radius 2 is 1.94 bits per heavy atom. The molecule has 90 valence electrons. The Morgan fingerprint density at radius 1 is 1.38 bits per heavy atom. The molecule has 0 unspecified atom stereocenters. The molecule has 0 fully saturated rings. The predicted octanol–water partition coefficient (Wildman–Crippen LogP) is 2.39. The van der Waals surface area contributed by atoms with Gasteiger partial charge in [0.1, 0.15) is 5.82 Å². The Bertz CT molecular complexity index is 385. The summed E-state index contributed by atoms with van der Waals surface area (Å²) in [6.07, 6.45) is 1.58. The molecule has 1 aromatic heterocycles. The molecule has 0 aromatic carbocycles. The van der Waals surface area contributed by atoms with E-state index in [2.05, 4.69) is 26.2 Å². The van der Waals surface area contributed by atoms with Crippen LogP contribution in [-0.2, 0) is 0 Å². The van der Waals surface area contributed by atoms with Crippen LogP contribution >= 0.6 is 15.9 Å². The lowest BCUT2D eigenvalue weighted by Gasteiger charge is -2.38. The van der Waals surface area contributed by atoms with Gasteiger partial charge in [-0.3, -0.25) is 0 Å². The summed E-state index contributed by atoms with van der Waals surface area (Å²) in [6.45, 7) is 7.34. The lowest BCUT2D eigenvalue weighted by atomic mass is 9.86. The van der Waals surface area contributed by atoms with Gasteiger partial charge < -0.3 is 16.2 Å². The molecule has 0 amide bonds. The SMILES string of the molecule is CC(C)(O)C(C)(C)Nc1ncc(N)cc1Br. The lowest BCUT2D eigenvalue weighted by Crippen LogP contribution is -2.51. The second-order valence-corrected chi connectivity index (χ2v) is 5.76. The second-order valence-electron chi connectivity index (χ2n) is 4.91. The standard InChI is InChI=1S/C11H18BrN3O/c1-10(2,11(3,4)16)15-9-8(12)5-7(13)6-14-9/h5-6,16H,13H2,1-4H3,(H,14,15). The van der Waals surface area contributed by atoms with Crippen LogP contribution in [0, 0.1) is 0 Å². The van der Waals surface area contributed by atoms with Gasteiger partial charge in [-0.2, -0.15) is 0 Å². The number of rotatable bonds is 3. The molecule has 0 saturated heterocycles. The van der Waals surface area contributed by atoms with Crippen molar-refractivity contribution in [2.24, 2.45) is 0 Å². The molecule has 16 heavy (non-hydrogen) atoms. The fourth-order valence-corrected chi connectivity index (χ4v) is 1.46. The van der Waals surface area contributed by atoms with E-state index in [9.17, 15) is 5.11 Å². The first-order valence-electron chi connectivity index (χ1n) is 5.05. The van der Waals surface area contributed by atoms with Gasteiger partial charge in [0.15, 0.2) is 0 Å². The third kappa shape index (κ3) is 2.86. The lowest BCUT2D eigenvalue weighted by molar-refractivity contribution is 0.0238. The van der Waals surface area contributed by atoms with E-state index in [4.69, 9.17) is 5.73 Å². The average Bonchev–Trinajstić information content (AvgIpc) is 2.08. The summed E-state index contributed by atoms with van der Waals surface area (Å²) < 4.78 is 0.782. The Hall–Kier alpha value is -0.810. The molecule has 1 rings (SSSR count). The van der Waals surface area contributed by atoms with Crippen LogP contribution in [0.1, 0.15) is 27.7 Å². The van der Waals surface area contributed by atoms with Crippen LogP contribution in [-0.4, -0.2) is 21.2 Å². The molecule has 4 nitrogen and oxygen atoms in total. The van der Waals surface area contributed by atoms with Crippen molar-refractivity contribution in [1.29, 1.82) is 0 Å². The first kappa shape index (κ1) is 13.3. The van der Waals surface area contributed by atoms with E-state index in [1.165, 1.54) is 0 Å². The van der Waals surface area contributed by atoms with Gasteiger partial charge in [0.25, 0.3) is 0 Å². The van der Waals surface area contributed by atoms with Crippen LogP contribution < -0.4 is 11.1 Å². The summed E-state index contributed by atoms with van der Waals surface area (Å²) in [6, 6.07) is 1.77. The van der Waals surface area contributed by atoms with Gasteiger partial charge in [-0.25, -0.2) is 4.98 Å². The number of nitrogen functional groups attached to an aromatic ring is 1. The Morgan fingerprint density at radius 3 is 2.38 bits per heavy atom. The molecular formula is C11H18BrN3O. The first-order valence-corrected chi connectivity index (χ1v) is 5.84. The molecule has 0 aliphatic carbocycles. The van der Waals surface area contributed by atoms with Crippen LogP contribution in [0.15, 0.2) is 16.7 Å². The maximum atomic E-state index is 10.0. The van der Waals surface area contributed by atoms with E-state index in [1.807, 2.05) is 13.8 Å². The van der Waals surface area contributed by atoms with Crippen molar-refractivity contribution in [3.8, 4) is 0 Å². The molecule has 5 heteroatoms. The molecule has 1 aromatic rings. The number of hydrogen-bond acceptors (Lipinski definition) is 4. The van der Waals surface area contributed by atoms with Gasteiger partial charge in [0.2, 0.25) is 0 Å². The molecular weight excluding hydrogens is 270 g/mol. The minimum absolute atomic E-state index is 0.501. The maximum Gasteiger partial charge on any atom is 0.140 e. The van der Waals surface area contributed by atoms with Crippen LogP contribution in [0.3, 0.4) is 0 Å². The number of pyridine rings is 1. The third-order valence-corrected chi connectivity index (χ3v) is 3.43. The van der Waals surface area contributed by atoms with Crippen molar-refractivity contribution in [3.05, 3.63) is 16.7 Å². The molecule has 0 bridgehead atoms. The van der Waals surface area contributed by atoms with Crippen molar-refractivity contribution in [3.63, 3.8) is 0 Å². The summed E-state index contributed by atoms with van der Waals surface area (Å²) in [5.41, 5.74) is 4.84. The van der Waals surface area contributed by atoms with E-state index in [-0.39, 0.29) is 0 Å². The zero-order valence-electron chi connectivity index (χ0n) is 10.0. The number of hydrogen-bond donors (Lipinski definition) is 3. The molecule has 0 atom stereocenters. The Balaban J connectivity index is 2.97. The molecule has 0 radical (unpaired) electrons. The van der Waals surface area contributed by atoms with Crippen LogP contribution in [0.5, 0.6) is 0 Å². The molecule has 0 aliphatic heterocycles. The predicted molar refractivity (Wildman–Crippen MR) is 70.3 cm³/mol. The molecule has 0 spiro atoms. The quantitative estimate of drug-likeness (QED) is 0.798. The summed E-state index contributed by atoms with van der Waals surface area (Å²) in [5, 5.41) is 13.2. The number of anilines is 2. The fraction of sp³-hybridized carbons (Fsp3) is 0.545. The largest absolute Gasteiger partial charge is 0.397 e. The Kier molecular flexibility index (Phi) is 3.50. The summed E-state index contributed by atoms with van der Waals surface area (Å²) in [5.74, 6) is 0.668. The van der Waals surface area contributed by atoms with Crippen molar-refractivity contribution in [2.45, 2.75) is 38.8 Å². The van der Waals surface area contributed by atoms with E-state index in [0.717, 1.165) is 4.47 Å².